The van der Waals surface area contributed by atoms with Crippen molar-refractivity contribution in [3.8, 4) is 0 Å². The third kappa shape index (κ3) is 1.64. The average molecular weight is 131 g/mol. The van der Waals surface area contributed by atoms with E-state index >= 15 is 0 Å². The zero-order chi connectivity index (χ0) is 6.69. The quantitative estimate of drug-likeness (QED) is 0.536. The van der Waals surface area contributed by atoms with Crippen LogP contribution in [0.1, 0.15) is 12.8 Å². The predicted octanol–water partition coefficient (Wildman–Crippen LogP) is 0.00450. The minimum Gasteiger partial charge on any atom is -0.356 e. The van der Waals surface area contributed by atoms with Crippen LogP contribution in [0.4, 0.5) is 0 Å². The first-order valence-corrected chi connectivity index (χ1v) is 3.29. The Morgan fingerprint density at radius 1 is 1.44 bits per heavy atom. The van der Waals surface area contributed by atoms with E-state index < -0.39 is 6.41 Å². The van der Waals surface area contributed by atoms with Crippen LogP contribution >= 0.6 is 0 Å². The Bertz CT molecular complexity index is 81.1. The molecule has 1 aliphatic rings. The molecule has 0 aromatic rings. The van der Waals surface area contributed by atoms with Crippen molar-refractivity contribution >= 4 is 0 Å². The van der Waals surface area contributed by atoms with Crippen LogP contribution in [0.5, 0.6) is 0 Å². The number of aliphatic hydroxyl groups excluding tert-OH is 1. The molecule has 54 valence electrons. The molecule has 1 aliphatic heterocycles. The van der Waals surface area contributed by atoms with Gasteiger partial charge in [0.05, 0.1) is 0 Å². The Morgan fingerprint density at radius 3 is 2.44 bits per heavy atom. The van der Waals surface area contributed by atoms with Crippen LogP contribution in [0.25, 0.3) is 0 Å². The number of hydrogen-bond donors (Lipinski definition) is 1. The molecule has 1 rings (SSSR count). The molecule has 0 spiro atoms. The van der Waals surface area contributed by atoms with Crippen LogP contribution in [0.3, 0.4) is 0 Å². The van der Waals surface area contributed by atoms with Gasteiger partial charge in [0.2, 0.25) is 6.41 Å². The van der Waals surface area contributed by atoms with Gasteiger partial charge in [-0.15, -0.1) is 0 Å². The van der Waals surface area contributed by atoms with Gasteiger partial charge in [0.15, 0.2) is 0 Å². The van der Waals surface area contributed by atoms with E-state index in [0.29, 0.717) is 0 Å². The normalized spacial score (nSPS) is 24.7. The molecule has 1 atom stereocenters. The lowest BCUT2D eigenvalue weighted by Crippen LogP contribution is -2.33. The molecule has 1 heterocycles. The molecule has 0 saturated carbocycles. The van der Waals surface area contributed by atoms with E-state index in [1.165, 1.54) is 20.0 Å². The summed E-state index contributed by atoms with van der Waals surface area (Å²) in [6.07, 6.45) is 1.69. The standard InChI is InChI=1S/C6H13NO2/c1-9-6(8)7-4-2-3-5-7/h6,8H,2-5H2,1H3. The number of rotatable bonds is 2. The van der Waals surface area contributed by atoms with E-state index in [-0.39, 0.29) is 0 Å². The first-order chi connectivity index (χ1) is 4.34. The first kappa shape index (κ1) is 6.99. The Labute approximate surface area is 55.2 Å². The van der Waals surface area contributed by atoms with Gasteiger partial charge in [0.25, 0.3) is 0 Å². The van der Waals surface area contributed by atoms with Crippen molar-refractivity contribution in [3.63, 3.8) is 0 Å². The fraction of sp³-hybridized carbons (Fsp3) is 1.00. The fourth-order valence-electron chi connectivity index (χ4n) is 1.11. The molecule has 1 N–H and O–H groups in total. The van der Waals surface area contributed by atoms with Gasteiger partial charge in [0.1, 0.15) is 0 Å². The highest BCUT2D eigenvalue weighted by molar-refractivity contribution is 4.63. The molecule has 9 heavy (non-hydrogen) atoms. The van der Waals surface area contributed by atoms with Crippen LogP contribution in [0.15, 0.2) is 0 Å². The molecule has 0 radical (unpaired) electrons. The third-order valence-corrected chi connectivity index (χ3v) is 1.66. The van der Waals surface area contributed by atoms with Crippen LogP contribution in [-0.2, 0) is 4.74 Å². The van der Waals surface area contributed by atoms with Crippen LogP contribution < -0.4 is 0 Å². The number of nitrogens with zero attached hydrogens (tertiary/aromatic N) is 1. The molecule has 0 aliphatic carbocycles. The SMILES string of the molecule is COC(O)N1CCCC1. The average Bonchev–Trinajstić information content (AvgIpc) is 2.37. The van der Waals surface area contributed by atoms with Crippen LogP contribution in [0, 0.1) is 0 Å². The summed E-state index contributed by atoms with van der Waals surface area (Å²) in [4.78, 5) is 1.92. The topological polar surface area (TPSA) is 32.7 Å². The van der Waals surface area contributed by atoms with Crippen molar-refractivity contribution in [1.82, 2.24) is 4.90 Å². The number of ether oxygens (including phenoxy) is 1. The van der Waals surface area contributed by atoms with E-state index in [9.17, 15) is 0 Å². The molecule has 3 nitrogen and oxygen atoms in total. The summed E-state index contributed by atoms with van der Waals surface area (Å²) in [5, 5.41) is 9.06. The maximum absolute atomic E-state index is 9.06. The zero-order valence-corrected chi connectivity index (χ0v) is 5.71. The maximum Gasteiger partial charge on any atom is 0.215 e. The van der Waals surface area contributed by atoms with Crippen molar-refractivity contribution < 1.29 is 9.84 Å². The summed E-state index contributed by atoms with van der Waals surface area (Å²) in [7, 11) is 1.52. The number of aliphatic hydroxyl groups is 1. The molecular formula is C6H13NO2. The Morgan fingerprint density at radius 2 is 2.00 bits per heavy atom. The number of methoxy groups -OCH3 is 1. The number of hydrogen-bond acceptors (Lipinski definition) is 3. The maximum atomic E-state index is 9.06. The summed E-state index contributed by atoms with van der Waals surface area (Å²) < 4.78 is 4.72. The molecule has 0 aromatic carbocycles. The van der Waals surface area contributed by atoms with Gasteiger partial charge in [-0.3, -0.25) is 4.90 Å². The molecule has 0 amide bonds. The molecule has 1 saturated heterocycles. The monoisotopic (exact) mass is 131 g/mol. The van der Waals surface area contributed by atoms with Crippen LogP contribution in [0.2, 0.25) is 0 Å². The highest BCUT2D eigenvalue weighted by Gasteiger charge is 2.18. The van der Waals surface area contributed by atoms with Gasteiger partial charge in [-0.1, -0.05) is 0 Å². The fourth-order valence-corrected chi connectivity index (χ4v) is 1.11. The Kier molecular flexibility index (Phi) is 2.45. The third-order valence-electron chi connectivity index (χ3n) is 1.66. The smallest absolute Gasteiger partial charge is 0.215 e. The summed E-state index contributed by atoms with van der Waals surface area (Å²) in [5.41, 5.74) is 0. The van der Waals surface area contributed by atoms with E-state index in [1.54, 1.807) is 0 Å². The van der Waals surface area contributed by atoms with E-state index in [1.807, 2.05) is 4.90 Å². The lowest BCUT2D eigenvalue weighted by atomic mass is 10.4. The van der Waals surface area contributed by atoms with Gasteiger partial charge in [-0.05, 0) is 12.8 Å². The van der Waals surface area contributed by atoms with Crippen LogP contribution in [-0.4, -0.2) is 36.6 Å². The minimum absolute atomic E-state index is 0.674. The van der Waals surface area contributed by atoms with Gasteiger partial charge < -0.3 is 9.84 Å². The summed E-state index contributed by atoms with van der Waals surface area (Å²) in [5.74, 6) is 0. The molecular weight excluding hydrogens is 118 g/mol. The Hall–Kier alpha value is -0.120. The van der Waals surface area contributed by atoms with Gasteiger partial charge in [-0.2, -0.15) is 0 Å². The highest BCUT2D eigenvalue weighted by atomic mass is 16.6. The summed E-state index contributed by atoms with van der Waals surface area (Å²) >= 11 is 0. The lowest BCUT2D eigenvalue weighted by Gasteiger charge is -2.19. The second-order valence-corrected chi connectivity index (χ2v) is 2.31. The molecule has 0 aromatic heterocycles. The molecule has 3 heteroatoms. The lowest BCUT2D eigenvalue weighted by molar-refractivity contribution is -0.168. The van der Waals surface area contributed by atoms with E-state index in [2.05, 4.69) is 0 Å². The van der Waals surface area contributed by atoms with Crippen molar-refractivity contribution in [2.75, 3.05) is 20.2 Å². The zero-order valence-electron chi connectivity index (χ0n) is 5.71. The first-order valence-electron chi connectivity index (χ1n) is 3.29. The van der Waals surface area contributed by atoms with Gasteiger partial charge in [-0.25, -0.2) is 0 Å². The predicted molar refractivity (Wildman–Crippen MR) is 33.8 cm³/mol. The number of likely N-dealkylation sites (tertiary alicyclic amines) is 1. The van der Waals surface area contributed by atoms with Crippen molar-refractivity contribution in [2.45, 2.75) is 19.3 Å². The second-order valence-electron chi connectivity index (χ2n) is 2.31. The molecule has 1 fully saturated rings. The molecule has 1 unspecified atom stereocenters. The summed E-state index contributed by atoms with van der Waals surface area (Å²) in [6.45, 7) is 1.93. The minimum atomic E-state index is -0.674. The summed E-state index contributed by atoms with van der Waals surface area (Å²) in [6, 6.07) is 0. The van der Waals surface area contributed by atoms with Crippen molar-refractivity contribution in [1.29, 1.82) is 0 Å². The van der Waals surface area contributed by atoms with E-state index in [0.717, 1.165) is 13.1 Å². The highest BCUT2D eigenvalue weighted by Crippen LogP contribution is 2.09. The van der Waals surface area contributed by atoms with Crippen molar-refractivity contribution in [3.05, 3.63) is 0 Å². The molecule has 0 bridgehead atoms. The van der Waals surface area contributed by atoms with Crippen molar-refractivity contribution in [2.24, 2.45) is 0 Å². The Balaban J connectivity index is 2.24. The van der Waals surface area contributed by atoms with E-state index in [4.69, 9.17) is 9.84 Å². The second kappa shape index (κ2) is 3.15. The van der Waals surface area contributed by atoms with Gasteiger partial charge in [0, 0.05) is 20.2 Å². The van der Waals surface area contributed by atoms with Gasteiger partial charge >= 0.3 is 0 Å². The largest absolute Gasteiger partial charge is 0.356 e.